The number of fused-ring (bicyclic) bond motifs is 1. The molecule has 0 radical (unpaired) electrons. The molecular formula is C14H11N3O3. The van der Waals surface area contributed by atoms with Gasteiger partial charge in [-0.1, -0.05) is 0 Å². The summed E-state index contributed by atoms with van der Waals surface area (Å²) < 4.78 is 0. The lowest BCUT2D eigenvalue weighted by molar-refractivity contribution is -0.120. The van der Waals surface area contributed by atoms with Gasteiger partial charge in [0.1, 0.15) is 0 Å². The number of rotatable bonds is 2. The van der Waals surface area contributed by atoms with Crippen molar-refractivity contribution in [1.82, 2.24) is 10.3 Å². The smallest absolute Gasteiger partial charge is 0.298 e. The summed E-state index contributed by atoms with van der Waals surface area (Å²) in [5, 5.41) is 3.73. The fourth-order valence-electron chi connectivity index (χ4n) is 2.33. The summed E-state index contributed by atoms with van der Waals surface area (Å²) in [4.78, 5) is 39.7. The predicted molar refractivity (Wildman–Crippen MR) is 72.6 cm³/mol. The molecule has 1 aliphatic rings. The van der Waals surface area contributed by atoms with Crippen LogP contribution in [0.5, 0.6) is 0 Å². The number of aldehydes is 1. The number of anilines is 1. The zero-order valence-corrected chi connectivity index (χ0v) is 10.5. The summed E-state index contributed by atoms with van der Waals surface area (Å²) in [6.07, 6.45) is 4.21. The summed E-state index contributed by atoms with van der Waals surface area (Å²) in [5.41, 5.74) is 1.18. The molecule has 6 heteroatoms. The van der Waals surface area contributed by atoms with Crippen LogP contribution in [0.2, 0.25) is 0 Å². The lowest BCUT2D eigenvalue weighted by atomic mass is 10.0. The maximum absolute atomic E-state index is 11.9. The molecule has 0 aliphatic carbocycles. The van der Waals surface area contributed by atoms with Crippen molar-refractivity contribution in [3.63, 3.8) is 0 Å². The Morgan fingerprint density at radius 1 is 1.20 bits per heavy atom. The quantitative estimate of drug-likeness (QED) is 0.838. The minimum Gasteiger partial charge on any atom is -0.298 e. The van der Waals surface area contributed by atoms with E-state index in [4.69, 9.17) is 0 Å². The highest BCUT2D eigenvalue weighted by Crippen LogP contribution is 2.29. The number of urea groups is 1. The summed E-state index contributed by atoms with van der Waals surface area (Å²) in [5.74, 6) is -0.276. The maximum Gasteiger partial charge on any atom is 0.328 e. The number of nitrogens with zero attached hydrogens (tertiary/aromatic N) is 2. The molecule has 100 valence electrons. The molecule has 0 unspecified atom stereocenters. The van der Waals surface area contributed by atoms with Crippen molar-refractivity contribution < 1.29 is 14.4 Å². The summed E-state index contributed by atoms with van der Waals surface area (Å²) >= 11 is 0. The van der Waals surface area contributed by atoms with Gasteiger partial charge in [-0.2, -0.15) is 0 Å². The molecular weight excluding hydrogens is 258 g/mol. The molecule has 1 aliphatic heterocycles. The van der Waals surface area contributed by atoms with E-state index in [0.717, 1.165) is 11.7 Å². The van der Waals surface area contributed by atoms with Gasteiger partial charge in [0.2, 0.25) is 5.91 Å². The molecule has 0 saturated carbocycles. The van der Waals surface area contributed by atoms with Crippen LogP contribution in [0.1, 0.15) is 16.8 Å². The molecule has 1 aromatic heterocycles. The van der Waals surface area contributed by atoms with Gasteiger partial charge in [0.15, 0.2) is 6.29 Å². The van der Waals surface area contributed by atoms with Gasteiger partial charge < -0.3 is 0 Å². The predicted octanol–water partition coefficient (Wildman–Crippen LogP) is 1.49. The molecule has 6 nitrogen and oxygen atoms in total. The lowest BCUT2D eigenvalue weighted by Crippen LogP contribution is -2.49. The number of pyridine rings is 1. The first-order valence-electron chi connectivity index (χ1n) is 6.14. The van der Waals surface area contributed by atoms with Crippen LogP contribution >= 0.6 is 0 Å². The zero-order chi connectivity index (χ0) is 14.1. The normalized spacial score (nSPS) is 15.3. The van der Waals surface area contributed by atoms with Gasteiger partial charge in [-0.15, -0.1) is 0 Å². The minimum atomic E-state index is -0.446. The molecule has 1 aromatic carbocycles. The summed E-state index contributed by atoms with van der Waals surface area (Å²) in [6, 6.07) is 4.66. The highest BCUT2D eigenvalue weighted by atomic mass is 16.2. The second-order valence-corrected chi connectivity index (χ2v) is 4.47. The van der Waals surface area contributed by atoms with Crippen molar-refractivity contribution in [3.8, 4) is 0 Å². The largest absolute Gasteiger partial charge is 0.328 e. The zero-order valence-electron chi connectivity index (χ0n) is 10.5. The Hall–Kier alpha value is -2.76. The van der Waals surface area contributed by atoms with E-state index in [1.165, 1.54) is 4.90 Å². The van der Waals surface area contributed by atoms with Gasteiger partial charge in [0.05, 0.1) is 5.69 Å². The third-order valence-corrected chi connectivity index (χ3v) is 3.30. The van der Waals surface area contributed by atoms with E-state index in [-0.39, 0.29) is 12.3 Å². The van der Waals surface area contributed by atoms with Crippen LogP contribution in [0.25, 0.3) is 10.8 Å². The fraction of sp³-hybridized carbons (Fsp3) is 0.143. The number of benzene rings is 1. The Bertz CT molecular complexity index is 727. The topological polar surface area (TPSA) is 79.4 Å². The van der Waals surface area contributed by atoms with Gasteiger partial charge in [-0.05, 0) is 18.2 Å². The summed E-state index contributed by atoms with van der Waals surface area (Å²) in [7, 11) is 0. The molecule has 3 amide bonds. The second kappa shape index (κ2) is 4.73. The van der Waals surface area contributed by atoms with Crippen LogP contribution in [0, 0.1) is 0 Å². The van der Waals surface area contributed by atoms with Crippen LogP contribution in [-0.2, 0) is 4.79 Å². The number of imide groups is 1. The Labute approximate surface area is 114 Å². The highest BCUT2D eigenvalue weighted by Gasteiger charge is 2.25. The average molecular weight is 269 g/mol. The van der Waals surface area contributed by atoms with Crippen LogP contribution in [0.15, 0.2) is 30.6 Å². The number of nitrogens with one attached hydrogen (secondary N) is 1. The molecule has 1 N–H and O–H groups in total. The van der Waals surface area contributed by atoms with Crippen molar-refractivity contribution in [2.45, 2.75) is 6.42 Å². The molecule has 20 heavy (non-hydrogen) atoms. The van der Waals surface area contributed by atoms with E-state index in [1.54, 1.807) is 30.6 Å². The van der Waals surface area contributed by atoms with E-state index < -0.39 is 6.03 Å². The number of hydrogen-bond acceptors (Lipinski definition) is 4. The van der Waals surface area contributed by atoms with Crippen LogP contribution in [0.4, 0.5) is 10.5 Å². The molecule has 2 aromatic rings. The third-order valence-electron chi connectivity index (χ3n) is 3.30. The first-order chi connectivity index (χ1) is 9.70. The van der Waals surface area contributed by atoms with Crippen molar-refractivity contribution in [2.24, 2.45) is 0 Å². The number of aromatic nitrogens is 1. The first-order valence-corrected chi connectivity index (χ1v) is 6.14. The molecule has 1 fully saturated rings. The molecule has 0 bridgehead atoms. The van der Waals surface area contributed by atoms with E-state index in [0.29, 0.717) is 23.2 Å². The lowest BCUT2D eigenvalue weighted by Gasteiger charge is -2.27. The van der Waals surface area contributed by atoms with Gasteiger partial charge >= 0.3 is 6.03 Å². The van der Waals surface area contributed by atoms with Crippen molar-refractivity contribution in [2.75, 3.05) is 11.4 Å². The van der Waals surface area contributed by atoms with Gasteiger partial charge in [0, 0.05) is 41.7 Å². The standard InChI is InChI=1S/C14H11N3O3/c18-8-9-1-2-12(10-3-5-15-7-11(9)10)17-6-4-13(19)16-14(17)20/h1-3,5,7-8H,4,6H2,(H,16,19,20). The molecule has 2 heterocycles. The fourth-order valence-corrected chi connectivity index (χ4v) is 2.33. The molecule has 1 saturated heterocycles. The maximum atomic E-state index is 11.9. The van der Waals surface area contributed by atoms with E-state index in [2.05, 4.69) is 10.3 Å². The molecule has 0 spiro atoms. The van der Waals surface area contributed by atoms with Crippen LogP contribution < -0.4 is 10.2 Å². The van der Waals surface area contributed by atoms with Gasteiger partial charge in [0.25, 0.3) is 0 Å². The Kier molecular flexibility index (Phi) is 2.90. The van der Waals surface area contributed by atoms with Crippen molar-refractivity contribution in [1.29, 1.82) is 0 Å². The third kappa shape index (κ3) is 1.91. The first kappa shape index (κ1) is 12.3. The Balaban J connectivity index is 2.15. The SMILES string of the molecule is O=Cc1ccc(N2CCC(=O)NC2=O)c2ccncc12. The average Bonchev–Trinajstić information content (AvgIpc) is 2.47. The molecule has 3 rings (SSSR count). The van der Waals surface area contributed by atoms with Crippen molar-refractivity contribution >= 4 is 34.7 Å². The van der Waals surface area contributed by atoms with E-state index in [1.807, 2.05) is 0 Å². The Morgan fingerprint density at radius 2 is 2.05 bits per heavy atom. The number of hydrogen-bond donors (Lipinski definition) is 1. The number of carbonyl (C=O) groups is 3. The Morgan fingerprint density at radius 3 is 2.80 bits per heavy atom. The van der Waals surface area contributed by atoms with Gasteiger partial charge in [-0.3, -0.25) is 24.8 Å². The van der Waals surface area contributed by atoms with Crippen molar-refractivity contribution in [3.05, 3.63) is 36.2 Å². The van der Waals surface area contributed by atoms with E-state index >= 15 is 0 Å². The minimum absolute atomic E-state index is 0.258. The monoisotopic (exact) mass is 269 g/mol. The number of carbonyl (C=O) groups excluding carboxylic acids is 3. The van der Waals surface area contributed by atoms with Crippen LogP contribution in [-0.4, -0.2) is 29.8 Å². The highest BCUT2D eigenvalue weighted by molar-refractivity contribution is 6.11. The summed E-state index contributed by atoms with van der Waals surface area (Å²) in [6.45, 7) is 0.322. The number of amides is 3. The van der Waals surface area contributed by atoms with E-state index in [9.17, 15) is 14.4 Å². The molecule has 0 atom stereocenters. The second-order valence-electron chi connectivity index (χ2n) is 4.47. The van der Waals surface area contributed by atoms with Gasteiger partial charge in [-0.25, -0.2) is 4.79 Å². The van der Waals surface area contributed by atoms with Crippen LogP contribution in [0.3, 0.4) is 0 Å².